The molecule has 0 unspecified atom stereocenters. The number of nitrogens with zero attached hydrogens (tertiary/aromatic N) is 2. The van der Waals surface area contributed by atoms with Crippen LogP contribution in [-0.4, -0.2) is 22.5 Å². The van der Waals surface area contributed by atoms with E-state index in [0.29, 0.717) is 21.6 Å². The lowest BCUT2D eigenvalue weighted by Crippen LogP contribution is -2.90. The van der Waals surface area contributed by atoms with Crippen molar-refractivity contribution in [2.24, 2.45) is 0 Å². The predicted molar refractivity (Wildman–Crippen MR) is 88.7 cm³/mol. The first kappa shape index (κ1) is 16.3. The Bertz CT molecular complexity index is 957. The third-order valence-electron chi connectivity index (χ3n) is 4.06. The summed E-state index contributed by atoms with van der Waals surface area (Å²) >= 11 is 5.92. The smallest absolute Gasteiger partial charge is 0.270 e. The highest BCUT2D eigenvalue weighted by molar-refractivity contribution is 6.30. The number of nitrogens with two attached hydrogens (primary N) is 1. The number of benzene rings is 2. The molecule has 2 heterocycles. The van der Waals surface area contributed by atoms with E-state index in [4.69, 9.17) is 11.6 Å². The maximum Gasteiger partial charge on any atom is 0.270 e. The fourth-order valence-corrected chi connectivity index (χ4v) is 3.15. The normalized spacial score (nSPS) is 15.7. The van der Waals surface area contributed by atoms with E-state index in [9.17, 15) is 9.50 Å². The molecule has 5 nitrogen and oxygen atoms in total. The average Bonchev–Trinajstić information content (AvgIpc) is 2.86. The second-order valence-electron chi connectivity index (χ2n) is 5.51. The number of halogens is 2. The van der Waals surface area contributed by atoms with Gasteiger partial charge in [-0.25, -0.2) is 9.82 Å². The maximum atomic E-state index is 14.3. The molecule has 2 aliphatic heterocycles. The molecule has 2 aromatic carbocycles. The van der Waals surface area contributed by atoms with Gasteiger partial charge < -0.3 is 15.5 Å². The molecule has 2 aromatic rings. The third-order valence-corrected chi connectivity index (χ3v) is 4.31. The lowest BCUT2D eigenvalue weighted by Gasteiger charge is -2.17. The van der Waals surface area contributed by atoms with Crippen molar-refractivity contribution < 1.29 is 20.4 Å². The van der Waals surface area contributed by atoms with Crippen molar-refractivity contribution in [2.45, 2.75) is 0 Å². The number of anilines is 1. The summed E-state index contributed by atoms with van der Waals surface area (Å²) in [6, 6.07) is 12.1. The van der Waals surface area contributed by atoms with Gasteiger partial charge in [-0.1, -0.05) is 23.7 Å². The molecule has 7 heteroatoms. The Morgan fingerprint density at radius 2 is 1.83 bits per heavy atom. The molecule has 0 saturated carbocycles. The molecule has 0 spiro atoms. The van der Waals surface area contributed by atoms with Crippen LogP contribution in [0.3, 0.4) is 0 Å². The van der Waals surface area contributed by atoms with Crippen molar-refractivity contribution in [3.8, 4) is 0 Å². The van der Waals surface area contributed by atoms with E-state index in [1.165, 1.54) is 6.07 Å². The van der Waals surface area contributed by atoms with Gasteiger partial charge in [0, 0.05) is 23.5 Å². The van der Waals surface area contributed by atoms with E-state index in [-0.39, 0.29) is 17.2 Å². The number of rotatable bonds is 1. The van der Waals surface area contributed by atoms with Crippen LogP contribution in [0, 0.1) is 5.82 Å². The van der Waals surface area contributed by atoms with Crippen LogP contribution in [0.25, 0.3) is 11.9 Å². The fraction of sp³-hybridized carbons (Fsp3) is 0.0588. The Kier molecular flexibility index (Phi) is 3.96. The van der Waals surface area contributed by atoms with Gasteiger partial charge in [-0.15, -0.1) is 0 Å². The zero-order chi connectivity index (χ0) is 16.1. The lowest BCUT2D eigenvalue weighted by molar-refractivity contribution is -0.568. The summed E-state index contributed by atoms with van der Waals surface area (Å²) in [5.41, 5.74) is 3.75. The van der Waals surface area contributed by atoms with Crippen LogP contribution in [0.4, 0.5) is 10.1 Å². The molecule has 4 N–H and O–H groups in total. The van der Waals surface area contributed by atoms with E-state index in [2.05, 4.69) is 0 Å². The minimum atomic E-state index is -0.304. The summed E-state index contributed by atoms with van der Waals surface area (Å²) in [4.78, 5) is 1.80. The Morgan fingerprint density at radius 1 is 1.12 bits per heavy atom. The van der Waals surface area contributed by atoms with Crippen LogP contribution < -0.4 is 20.9 Å². The fourth-order valence-electron chi connectivity index (χ4n) is 3.02. The minimum Gasteiger partial charge on any atom is -0.870 e. The summed E-state index contributed by atoms with van der Waals surface area (Å²) in [5.74, 6) is -0.240. The number of hydrogen-bond donors (Lipinski definition) is 2. The topological polar surface area (TPSA) is 73.3 Å². The van der Waals surface area contributed by atoms with Crippen molar-refractivity contribution in [3.05, 3.63) is 75.3 Å². The van der Waals surface area contributed by atoms with Gasteiger partial charge in [0.15, 0.2) is 11.4 Å². The second kappa shape index (κ2) is 5.83. The summed E-state index contributed by atoms with van der Waals surface area (Å²) in [7, 11) is 1.83. The number of aliphatic hydroxyl groups is 1. The first-order chi connectivity index (χ1) is 11.1. The van der Waals surface area contributed by atoms with Crippen molar-refractivity contribution in [3.63, 3.8) is 0 Å². The third kappa shape index (κ3) is 2.32. The van der Waals surface area contributed by atoms with E-state index >= 15 is 0 Å². The van der Waals surface area contributed by atoms with Gasteiger partial charge in [0.2, 0.25) is 0 Å². The minimum absolute atomic E-state index is 0. The molecule has 0 radical (unpaired) electrons. The largest absolute Gasteiger partial charge is 0.870 e. The standard InChI is InChI=1S/C17H13ClFN3O.H2O/c1-21-9-10-3-2-4-13(19)14(10)15-16(21)17(23)22(20-15)12-7-5-11(18)6-8-12;/h2-9,20,23H,1H3;1H2. The Morgan fingerprint density at radius 3 is 2.54 bits per heavy atom. The van der Waals surface area contributed by atoms with Crippen LogP contribution in [-0.2, 0) is 0 Å². The first-order valence-corrected chi connectivity index (χ1v) is 7.51. The zero-order valence-electron chi connectivity index (χ0n) is 12.7. The quantitative estimate of drug-likeness (QED) is 0.749. The maximum absolute atomic E-state index is 14.3. The van der Waals surface area contributed by atoms with E-state index in [1.54, 1.807) is 45.7 Å². The van der Waals surface area contributed by atoms with Crippen LogP contribution in [0.15, 0.2) is 54.0 Å². The van der Waals surface area contributed by atoms with Crippen LogP contribution in [0.5, 0.6) is 0 Å². The summed E-state index contributed by atoms with van der Waals surface area (Å²) in [5, 5.41) is 14.2. The van der Waals surface area contributed by atoms with Gasteiger partial charge in [0.1, 0.15) is 5.82 Å². The number of hydrogen-bond acceptors (Lipinski definition) is 4. The van der Waals surface area contributed by atoms with Crippen molar-refractivity contribution in [1.29, 1.82) is 0 Å². The zero-order valence-corrected chi connectivity index (χ0v) is 13.5. The number of likely N-dealkylation sites (N-methyl/N-ethyl adjacent to an activating group) is 1. The molecule has 2 aliphatic rings. The van der Waals surface area contributed by atoms with Gasteiger partial charge in [0.05, 0.1) is 10.9 Å². The lowest BCUT2D eigenvalue weighted by atomic mass is 10.1. The Balaban J connectivity index is 0.00000169. The highest BCUT2D eigenvalue weighted by atomic mass is 35.5. The second-order valence-corrected chi connectivity index (χ2v) is 5.94. The van der Waals surface area contributed by atoms with Crippen LogP contribution in [0.1, 0.15) is 0 Å². The van der Waals surface area contributed by atoms with Crippen molar-refractivity contribution in [2.75, 3.05) is 12.1 Å². The number of aliphatic hydroxyl groups excluding tert-OH is 1. The molecular weight excluding hydrogens is 333 g/mol. The van der Waals surface area contributed by atoms with E-state index in [1.807, 2.05) is 19.3 Å². The predicted octanol–water partition coefficient (Wildman–Crippen LogP) is 0.820. The molecule has 0 saturated heterocycles. The summed E-state index contributed by atoms with van der Waals surface area (Å²) in [6.45, 7) is 0. The van der Waals surface area contributed by atoms with Gasteiger partial charge in [-0.05, 0) is 30.3 Å². The average molecular weight is 348 g/mol. The number of quaternary nitrogens is 1. The number of fused-ring (bicyclic) bond motifs is 2. The van der Waals surface area contributed by atoms with Gasteiger partial charge in [-0.2, -0.15) is 5.01 Å². The highest BCUT2D eigenvalue weighted by Crippen LogP contribution is 2.26. The summed E-state index contributed by atoms with van der Waals surface area (Å²) < 4.78 is 14.3. The Labute approximate surface area is 142 Å². The van der Waals surface area contributed by atoms with Gasteiger partial charge in [-0.3, -0.25) is 0 Å². The molecule has 0 aromatic heterocycles. The first-order valence-electron chi connectivity index (χ1n) is 7.13. The monoisotopic (exact) mass is 347 g/mol. The van der Waals surface area contributed by atoms with Crippen molar-refractivity contribution in [1.82, 2.24) is 4.90 Å². The van der Waals surface area contributed by atoms with Gasteiger partial charge in [0.25, 0.3) is 5.88 Å². The molecule has 4 rings (SSSR count). The van der Waals surface area contributed by atoms with E-state index in [0.717, 1.165) is 10.9 Å². The van der Waals surface area contributed by atoms with Gasteiger partial charge >= 0.3 is 0 Å². The molecule has 0 amide bonds. The molecular formula is C17H15ClFN3O2. The summed E-state index contributed by atoms with van der Waals surface area (Å²) in [6.07, 6.45) is 1.81. The molecule has 0 fully saturated rings. The van der Waals surface area contributed by atoms with Crippen molar-refractivity contribution >= 4 is 29.2 Å². The van der Waals surface area contributed by atoms with Crippen LogP contribution >= 0.6 is 11.6 Å². The molecule has 0 bridgehead atoms. The Hall–Kier alpha value is -2.54. The highest BCUT2D eigenvalue weighted by Gasteiger charge is 2.37. The SMILES string of the molecule is CN1C=c2cccc(F)c2=C2[NH2+]N(c3ccc(Cl)cc3)C(O)=C21.[OH-]. The molecule has 0 aliphatic carbocycles. The molecule has 24 heavy (non-hydrogen) atoms. The molecule has 0 atom stereocenters. The van der Waals surface area contributed by atoms with E-state index < -0.39 is 0 Å². The van der Waals surface area contributed by atoms with Crippen LogP contribution in [0.2, 0.25) is 5.02 Å². The molecule has 124 valence electrons.